The number of hydrogen-bond acceptors (Lipinski definition) is 4. The molecule has 1 aromatic heterocycles. The van der Waals surface area contributed by atoms with E-state index in [0.29, 0.717) is 12.1 Å². The van der Waals surface area contributed by atoms with Gasteiger partial charge in [-0.3, -0.25) is 4.79 Å². The zero-order valence-electron chi connectivity index (χ0n) is 18.4. The summed E-state index contributed by atoms with van der Waals surface area (Å²) in [6.45, 7) is 0.128. The number of ether oxygens (including phenoxy) is 1. The molecule has 5 nitrogen and oxygen atoms in total. The Labute approximate surface area is 194 Å². The molecule has 2 heterocycles. The maximum atomic E-state index is 14.5. The van der Waals surface area contributed by atoms with Crippen molar-refractivity contribution < 1.29 is 22.3 Å². The molecule has 0 saturated heterocycles. The van der Waals surface area contributed by atoms with Crippen LogP contribution in [0.5, 0.6) is 5.75 Å². The number of halogens is 4. The van der Waals surface area contributed by atoms with E-state index in [1.54, 1.807) is 53.2 Å². The third kappa shape index (κ3) is 5.08. The molecule has 0 fully saturated rings. The molecule has 0 radical (unpaired) electrons. The van der Waals surface area contributed by atoms with Crippen LogP contribution < -0.4 is 10.3 Å². The molecule has 1 aliphatic heterocycles. The second-order valence-electron chi connectivity index (χ2n) is 7.97. The lowest BCUT2D eigenvalue weighted by atomic mass is 10.1. The van der Waals surface area contributed by atoms with Crippen molar-refractivity contribution >= 4 is 0 Å². The predicted octanol–water partition coefficient (Wildman–Crippen LogP) is 4.72. The van der Waals surface area contributed by atoms with Crippen LogP contribution in [0.1, 0.15) is 16.7 Å². The van der Waals surface area contributed by atoms with Gasteiger partial charge in [-0.25, -0.2) is 4.39 Å². The Hall–Kier alpha value is -3.75. The number of pyridine rings is 1. The first kappa shape index (κ1) is 23.4. The van der Waals surface area contributed by atoms with Crippen molar-refractivity contribution in [3.8, 4) is 5.75 Å². The lowest BCUT2D eigenvalue weighted by molar-refractivity contribution is -0.207. The molecule has 0 N–H and O–H groups in total. The molecule has 1 aliphatic rings. The van der Waals surface area contributed by atoms with Gasteiger partial charge in [-0.05, 0) is 23.3 Å². The molecule has 1 atom stereocenters. The maximum Gasteiger partial charge on any atom is 0.427 e. The van der Waals surface area contributed by atoms with Crippen LogP contribution in [0.25, 0.3) is 0 Å². The van der Waals surface area contributed by atoms with Crippen molar-refractivity contribution in [3.05, 3.63) is 112 Å². The van der Waals surface area contributed by atoms with E-state index in [4.69, 9.17) is 4.74 Å². The van der Waals surface area contributed by atoms with Gasteiger partial charge in [0.25, 0.3) is 5.56 Å². The Bertz CT molecular complexity index is 1220. The van der Waals surface area contributed by atoms with E-state index in [9.17, 15) is 22.4 Å². The van der Waals surface area contributed by atoms with Gasteiger partial charge in [-0.2, -0.15) is 13.2 Å². The minimum atomic E-state index is -4.56. The molecule has 3 aromatic rings. The van der Waals surface area contributed by atoms with E-state index in [2.05, 4.69) is 0 Å². The number of alkyl halides is 3. The highest BCUT2D eigenvalue weighted by Crippen LogP contribution is 2.34. The Kier molecular flexibility index (Phi) is 6.63. The summed E-state index contributed by atoms with van der Waals surface area (Å²) in [6.07, 6.45) is -2.12. The zero-order chi connectivity index (χ0) is 24.3. The van der Waals surface area contributed by atoms with Crippen LogP contribution in [-0.4, -0.2) is 33.8 Å². The smallest absolute Gasteiger partial charge is 0.427 e. The fourth-order valence-electron chi connectivity index (χ4n) is 3.96. The molecule has 0 spiro atoms. The standard InChI is InChI=1S/C25H23F4N3O2/c1-34-21-6-4-5-20(23(21)26)17-32-14-13-31(24(32)25(27,28)29)16-19-10-8-18(9-11-19)15-30-12-3-2-7-22(30)33/h2-14,24H,15-17H2,1H3. The Morgan fingerprint density at radius 1 is 0.853 bits per heavy atom. The van der Waals surface area contributed by atoms with Crippen molar-refractivity contribution in [2.75, 3.05) is 7.11 Å². The van der Waals surface area contributed by atoms with Crippen LogP contribution in [-0.2, 0) is 19.6 Å². The molecule has 9 heteroatoms. The number of aromatic nitrogens is 1. The third-order valence-electron chi connectivity index (χ3n) is 5.63. The van der Waals surface area contributed by atoms with E-state index in [1.165, 1.54) is 42.6 Å². The van der Waals surface area contributed by atoms with Crippen molar-refractivity contribution in [1.82, 2.24) is 14.4 Å². The highest BCUT2D eigenvalue weighted by molar-refractivity contribution is 5.31. The molecule has 1 unspecified atom stereocenters. The molecule has 0 aliphatic carbocycles. The van der Waals surface area contributed by atoms with Gasteiger partial charge in [0.2, 0.25) is 0 Å². The van der Waals surface area contributed by atoms with Gasteiger partial charge in [0.05, 0.1) is 13.7 Å². The average Bonchev–Trinajstić information content (AvgIpc) is 3.20. The first-order chi connectivity index (χ1) is 16.3. The lowest BCUT2D eigenvalue weighted by Gasteiger charge is -2.34. The van der Waals surface area contributed by atoms with Crippen LogP contribution >= 0.6 is 0 Å². The van der Waals surface area contributed by atoms with Crippen LogP contribution in [0.3, 0.4) is 0 Å². The second kappa shape index (κ2) is 9.62. The second-order valence-corrected chi connectivity index (χ2v) is 7.97. The number of benzene rings is 2. The molecular weight excluding hydrogens is 450 g/mol. The largest absolute Gasteiger partial charge is 0.494 e. The molecule has 178 valence electrons. The Morgan fingerprint density at radius 3 is 2.12 bits per heavy atom. The minimum Gasteiger partial charge on any atom is -0.494 e. The first-order valence-electron chi connectivity index (χ1n) is 10.6. The van der Waals surface area contributed by atoms with Crippen molar-refractivity contribution in [1.29, 1.82) is 0 Å². The van der Waals surface area contributed by atoms with Gasteiger partial charge < -0.3 is 19.1 Å². The van der Waals surface area contributed by atoms with Gasteiger partial charge in [0.15, 0.2) is 17.7 Å². The molecule has 0 amide bonds. The molecule has 2 aromatic carbocycles. The van der Waals surface area contributed by atoms with Crippen LogP contribution in [0.4, 0.5) is 17.6 Å². The van der Waals surface area contributed by atoms with E-state index >= 15 is 0 Å². The molecule has 4 rings (SSSR count). The lowest BCUT2D eigenvalue weighted by Crippen LogP contribution is -2.48. The highest BCUT2D eigenvalue weighted by Gasteiger charge is 2.48. The number of methoxy groups -OCH3 is 1. The monoisotopic (exact) mass is 473 g/mol. The summed E-state index contributed by atoms with van der Waals surface area (Å²) in [7, 11) is 1.31. The van der Waals surface area contributed by atoms with Crippen LogP contribution in [0.15, 0.2) is 84.1 Å². The van der Waals surface area contributed by atoms with E-state index in [-0.39, 0.29) is 30.0 Å². The quantitative estimate of drug-likeness (QED) is 0.466. The summed E-state index contributed by atoms with van der Waals surface area (Å²) < 4.78 is 63.0. The highest BCUT2D eigenvalue weighted by atomic mass is 19.4. The fourth-order valence-corrected chi connectivity index (χ4v) is 3.96. The summed E-state index contributed by atoms with van der Waals surface area (Å²) in [4.78, 5) is 14.1. The van der Waals surface area contributed by atoms with Crippen LogP contribution in [0, 0.1) is 5.82 Å². The first-order valence-corrected chi connectivity index (χ1v) is 10.6. The van der Waals surface area contributed by atoms with E-state index < -0.39 is 18.2 Å². The van der Waals surface area contributed by atoms with Gasteiger partial charge >= 0.3 is 6.18 Å². The van der Waals surface area contributed by atoms with E-state index in [1.807, 2.05) is 0 Å². The van der Waals surface area contributed by atoms with Gasteiger partial charge in [-0.1, -0.05) is 42.5 Å². The number of nitrogens with zero attached hydrogens (tertiary/aromatic N) is 3. The predicted molar refractivity (Wildman–Crippen MR) is 119 cm³/mol. The molecule has 0 bridgehead atoms. The normalized spacial score (nSPS) is 15.7. The topological polar surface area (TPSA) is 37.7 Å². The van der Waals surface area contributed by atoms with Crippen molar-refractivity contribution in [2.45, 2.75) is 32.0 Å². The summed E-state index contributed by atoms with van der Waals surface area (Å²) >= 11 is 0. The number of rotatable bonds is 7. The zero-order valence-corrected chi connectivity index (χ0v) is 18.4. The summed E-state index contributed by atoms with van der Waals surface area (Å²) in [5, 5.41) is 0. The van der Waals surface area contributed by atoms with E-state index in [0.717, 1.165) is 10.5 Å². The SMILES string of the molecule is COc1cccc(CN2C=CN(Cc3ccc(Cn4ccccc4=O)cc3)C2C(F)(F)F)c1F. The summed E-state index contributed by atoms with van der Waals surface area (Å²) in [5.74, 6) is -0.690. The van der Waals surface area contributed by atoms with Gasteiger partial charge in [0, 0.05) is 43.3 Å². The number of hydrogen-bond donors (Lipinski definition) is 0. The molecule has 34 heavy (non-hydrogen) atoms. The fraction of sp³-hybridized carbons (Fsp3) is 0.240. The minimum absolute atomic E-state index is 0.0149. The average molecular weight is 473 g/mol. The Balaban J connectivity index is 1.48. The third-order valence-corrected chi connectivity index (χ3v) is 5.63. The Morgan fingerprint density at radius 2 is 1.50 bits per heavy atom. The van der Waals surface area contributed by atoms with Gasteiger partial charge in [-0.15, -0.1) is 0 Å². The summed E-state index contributed by atoms with van der Waals surface area (Å²) in [5.41, 5.74) is 1.52. The summed E-state index contributed by atoms with van der Waals surface area (Å²) in [6, 6.07) is 16.4. The van der Waals surface area contributed by atoms with Gasteiger partial charge in [0.1, 0.15) is 0 Å². The molecule has 0 saturated carbocycles. The van der Waals surface area contributed by atoms with Crippen molar-refractivity contribution in [2.24, 2.45) is 0 Å². The molecular formula is C25H23F4N3O2. The van der Waals surface area contributed by atoms with Crippen molar-refractivity contribution in [3.63, 3.8) is 0 Å². The van der Waals surface area contributed by atoms with Crippen LogP contribution in [0.2, 0.25) is 0 Å². The maximum absolute atomic E-state index is 14.5.